The van der Waals surface area contributed by atoms with Gasteiger partial charge in [-0.1, -0.05) is 42.5 Å². The zero-order valence-electron chi connectivity index (χ0n) is 15.4. The number of rotatable bonds is 6. The topological polar surface area (TPSA) is 54.7 Å². The molecule has 0 saturated carbocycles. The lowest BCUT2D eigenvalue weighted by atomic mass is 10.1. The third-order valence-electron chi connectivity index (χ3n) is 4.24. The first-order valence-corrected chi connectivity index (χ1v) is 9.79. The molecular weight excluding hydrogens is 368 g/mol. The van der Waals surface area contributed by atoms with Crippen molar-refractivity contribution in [3.63, 3.8) is 0 Å². The van der Waals surface area contributed by atoms with Crippen molar-refractivity contribution >= 4 is 17.6 Å². The Morgan fingerprint density at radius 1 is 1.04 bits per heavy atom. The van der Waals surface area contributed by atoms with Crippen LogP contribution in [0.25, 0.3) is 11.3 Å². The molecule has 4 aromatic rings. The van der Waals surface area contributed by atoms with E-state index in [4.69, 9.17) is 14.8 Å². The van der Waals surface area contributed by atoms with E-state index in [-0.39, 0.29) is 0 Å². The molecule has 0 aliphatic rings. The lowest BCUT2D eigenvalue weighted by molar-refractivity contribution is 0.416. The molecule has 0 unspecified atom stereocenters. The number of ether oxygens (including phenoxy) is 1. The number of nitrogens with one attached hydrogen (secondary N) is 1. The molecule has 4 rings (SSSR count). The van der Waals surface area contributed by atoms with Gasteiger partial charge in [0.25, 0.3) is 0 Å². The highest BCUT2D eigenvalue weighted by Gasteiger charge is 2.12. The molecule has 2 aromatic heterocycles. The van der Waals surface area contributed by atoms with E-state index < -0.39 is 0 Å². The van der Waals surface area contributed by atoms with Crippen LogP contribution in [-0.2, 0) is 6.54 Å². The first-order chi connectivity index (χ1) is 13.8. The first kappa shape index (κ1) is 18.0. The molecule has 0 saturated heterocycles. The number of aromatic amines is 1. The summed E-state index contributed by atoms with van der Waals surface area (Å²) in [6.07, 6.45) is 3.68. The number of thiazole rings is 1. The summed E-state index contributed by atoms with van der Waals surface area (Å²) >= 11 is 1.56. The van der Waals surface area contributed by atoms with Crippen molar-refractivity contribution < 1.29 is 4.74 Å². The molecular formula is C22H20N4OS. The SMILES string of the molecule is COc1ccccc1-c1csc(=NCc2ccccc2)n1N=Cc1ccc[nH]1. The second kappa shape index (κ2) is 8.54. The van der Waals surface area contributed by atoms with Gasteiger partial charge in [-0.2, -0.15) is 5.10 Å². The van der Waals surface area contributed by atoms with Gasteiger partial charge < -0.3 is 9.72 Å². The van der Waals surface area contributed by atoms with Crippen molar-refractivity contribution in [3.8, 4) is 17.0 Å². The van der Waals surface area contributed by atoms with Crippen molar-refractivity contribution in [2.45, 2.75) is 6.54 Å². The standard InChI is InChI=1S/C22H20N4OS/c1-27-21-12-6-5-11-19(21)20-16-28-22(24-14-17-8-3-2-4-9-17)26(20)25-15-18-10-7-13-23-18/h2-13,15-16,23H,14H2,1H3. The maximum absolute atomic E-state index is 5.55. The summed E-state index contributed by atoms with van der Waals surface area (Å²) in [4.78, 5) is 8.77. The molecule has 1 N–H and O–H groups in total. The van der Waals surface area contributed by atoms with E-state index >= 15 is 0 Å². The van der Waals surface area contributed by atoms with Crippen LogP contribution >= 0.6 is 11.3 Å². The monoisotopic (exact) mass is 388 g/mol. The average Bonchev–Trinajstić information content (AvgIpc) is 3.41. The van der Waals surface area contributed by atoms with Gasteiger partial charge in [0.2, 0.25) is 4.80 Å². The van der Waals surface area contributed by atoms with Gasteiger partial charge in [0, 0.05) is 17.1 Å². The minimum atomic E-state index is 0.602. The van der Waals surface area contributed by atoms with Gasteiger partial charge in [0.05, 0.1) is 31.3 Å². The van der Waals surface area contributed by atoms with E-state index in [1.54, 1.807) is 24.7 Å². The molecule has 0 atom stereocenters. The Hall–Kier alpha value is -3.38. The Morgan fingerprint density at radius 2 is 1.86 bits per heavy atom. The van der Waals surface area contributed by atoms with E-state index in [9.17, 15) is 0 Å². The number of methoxy groups -OCH3 is 1. The number of aromatic nitrogens is 2. The minimum Gasteiger partial charge on any atom is -0.496 e. The number of H-pyrrole nitrogens is 1. The summed E-state index contributed by atoms with van der Waals surface area (Å²) in [5, 5.41) is 6.76. The average molecular weight is 388 g/mol. The molecule has 0 amide bonds. The zero-order valence-corrected chi connectivity index (χ0v) is 16.3. The second-order valence-electron chi connectivity index (χ2n) is 6.09. The molecule has 2 heterocycles. The van der Waals surface area contributed by atoms with E-state index in [0.717, 1.165) is 33.1 Å². The summed E-state index contributed by atoms with van der Waals surface area (Å²) in [6, 6.07) is 22.1. The zero-order chi connectivity index (χ0) is 19.2. The van der Waals surface area contributed by atoms with Crippen molar-refractivity contribution in [1.29, 1.82) is 0 Å². The van der Waals surface area contributed by atoms with Crippen LogP contribution in [0.4, 0.5) is 0 Å². The molecule has 0 bridgehead atoms. The normalized spacial score (nSPS) is 12.0. The Morgan fingerprint density at radius 3 is 2.64 bits per heavy atom. The Labute approximate surface area is 167 Å². The Balaban J connectivity index is 1.79. The molecule has 0 spiro atoms. The fourth-order valence-corrected chi connectivity index (χ4v) is 3.68. The predicted octanol–water partition coefficient (Wildman–Crippen LogP) is 4.54. The summed E-state index contributed by atoms with van der Waals surface area (Å²) in [7, 11) is 1.68. The summed E-state index contributed by atoms with van der Waals surface area (Å²) in [6.45, 7) is 0.602. The van der Waals surface area contributed by atoms with Crippen molar-refractivity contribution in [2.24, 2.45) is 10.1 Å². The number of nitrogens with zero attached hydrogens (tertiary/aromatic N) is 3. The van der Waals surface area contributed by atoms with Gasteiger partial charge in [0.15, 0.2) is 0 Å². The number of hydrogen-bond acceptors (Lipinski definition) is 4. The first-order valence-electron chi connectivity index (χ1n) is 8.91. The summed E-state index contributed by atoms with van der Waals surface area (Å²) in [5.74, 6) is 0.804. The number of para-hydroxylation sites is 1. The van der Waals surface area contributed by atoms with Gasteiger partial charge in [0.1, 0.15) is 5.75 Å². The van der Waals surface area contributed by atoms with E-state index in [1.165, 1.54) is 0 Å². The lowest BCUT2D eigenvalue weighted by Gasteiger charge is -2.08. The van der Waals surface area contributed by atoms with Crippen LogP contribution in [0.15, 0.2) is 88.4 Å². The molecule has 28 heavy (non-hydrogen) atoms. The van der Waals surface area contributed by atoms with E-state index in [0.29, 0.717) is 6.54 Å². The van der Waals surface area contributed by atoms with Crippen LogP contribution in [0, 0.1) is 0 Å². The molecule has 0 fully saturated rings. The van der Waals surface area contributed by atoms with Crippen molar-refractivity contribution in [2.75, 3.05) is 7.11 Å². The fourth-order valence-electron chi connectivity index (χ4n) is 2.85. The van der Waals surface area contributed by atoms with Crippen LogP contribution in [0.3, 0.4) is 0 Å². The summed E-state index contributed by atoms with van der Waals surface area (Å²) < 4.78 is 7.41. The quantitative estimate of drug-likeness (QED) is 0.485. The van der Waals surface area contributed by atoms with Gasteiger partial charge >= 0.3 is 0 Å². The third kappa shape index (κ3) is 3.97. The van der Waals surface area contributed by atoms with Gasteiger partial charge in [-0.15, -0.1) is 11.3 Å². The molecule has 0 aliphatic heterocycles. The van der Waals surface area contributed by atoms with Crippen LogP contribution in [0.5, 0.6) is 5.75 Å². The Kier molecular flexibility index (Phi) is 5.49. The lowest BCUT2D eigenvalue weighted by Crippen LogP contribution is -2.12. The maximum atomic E-state index is 5.55. The van der Waals surface area contributed by atoms with E-state index in [1.807, 2.05) is 65.5 Å². The van der Waals surface area contributed by atoms with Crippen LogP contribution in [0.2, 0.25) is 0 Å². The van der Waals surface area contributed by atoms with Gasteiger partial charge in [-0.05, 0) is 29.8 Å². The highest BCUT2D eigenvalue weighted by molar-refractivity contribution is 7.07. The highest BCUT2D eigenvalue weighted by Crippen LogP contribution is 2.29. The smallest absolute Gasteiger partial charge is 0.206 e. The second-order valence-corrected chi connectivity index (χ2v) is 6.92. The van der Waals surface area contributed by atoms with Crippen LogP contribution in [0.1, 0.15) is 11.3 Å². The Bertz CT molecular complexity index is 1120. The molecule has 0 radical (unpaired) electrons. The molecule has 5 nitrogen and oxygen atoms in total. The molecule has 0 aliphatic carbocycles. The summed E-state index contributed by atoms with van der Waals surface area (Å²) in [5.41, 5.74) is 4.01. The molecule has 6 heteroatoms. The van der Waals surface area contributed by atoms with Crippen LogP contribution < -0.4 is 9.54 Å². The highest BCUT2D eigenvalue weighted by atomic mass is 32.1. The molecule has 2 aromatic carbocycles. The third-order valence-corrected chi connectivity index (χ3v) is 5.10. The van der Waals surface area contributed by atoms with Crippen LogP contribution in [-0.4, -0.2) is 23.0 Å². The van der Waals surface area contributed by atoms with E-state index in [2.05, 4.69) is 22.5 Å². The maximum Gasteiger partial charge on any atom is 0.206 e. The van der Waals surface area contributed by atoms with Crippen molar-refractivity contribution in [3.05, 3.63) is 94.4 Å². The minimum absolute atomic E-state index is 0.602. The van der Waals surface area contributed by atoms with Gasteiger partial charge in [-0.25, -0.2) is 4.68 Å². The fraction of sp³-hybridized carbons (Fsp3) is 0.0909. The van der Waals surface area contributed by atoms with Crippen molar-refractivity contribution in [1.82, 2.24) is 9.66 Å². The molecule has 140 valence electrons. The predicted molar refractivity (Wildman–Crippen MR) is 114 cm³/mol. The number of benzene rings is 2. The van der Waals surface area contributed by atoms with Gasteiger partial charge in [-0.3, -0.25) is 4.99 Å². The largest absolute Gasteiger partial charge is 0.496 e. The number of hydrogen-bond donors (Lipinski definition) is 1.